The van der Waals surface area contributed by atoms with Gasteiger partial charge in [-0.15, -0.1) is 0 Å². The first kappa shape index (κ1) is 15.4. The van der Waals surface area contributed by atoms with Crippen LogP contribution in [0.25, 0.3) is 11.5 Å². The fourth-order valence-corrected chi connectivity index (χ4v) is 3.61. The van der Waals surface area contributed by atoms with E-state index < -0.39 is 10.0 Å². The molecule has 23 heavy (non-hydrogen) atoms. The summed E-state index contributed by atoms with van der Waals surface area (Å²) in [7, 11) is -3.75. The summed E-state index contributed by atoms with van der Waals surface area (Å²) in [6.07, 6.45) is 2.20. The number of sulfonamides is 1. The molecule has 0 aliphatic heterocycles. The molecule has 3 rings (SSSR count). The highest BCUT2D eigenvalue weighted by Gasteiger charge is 2.23. The number of para-hydroxylation sites is 1. The number of furan rings is 1. The Labute approximate surface area is 134 Å². The minimum Gasteiger partial charge on any atom is -0.456 e. The predicted octanol–water partition coefficient (Wildman–Crippen LogP) is 3.61. The van der Waals surface area contributed by atoms with E-state index in [0.717, 1.165) is 12.0 Å². The van der Waals surface area contributed by atoms with Gasteiger partial charge in [-0.2, -0.15) is 0 Å². The van der Waals surface area contributed by atoms with E-state index in [9.17, 15) is 8.42 Å². The molecule has 0 amide bonds. The van der Waals surface area contributed by atoms with Crippen LogP contribution in [0, 0.1) is 6.92 Å². The Bertz CT molecular complexity index is 911. The van der Waals surface area contributed by atoms with Crippen LogP contribution in [0.4, 0.5) is 5.69 Å². The third-order valence-electron chi connectivity index (χ3n) is 3.49. The molecule has 3 aromatic rings. The standard InChI is InChI=1S/C16H16N2O4S/c1-3-12-6-4-5-7-13(12)18-23(19,20)16-10-15(21-11(16)2)14-8-9-17-22-14/h4-10,18H,3H2,1-2H3. The average molecular weight is 332 g/mol. The molecule has 0 saturated carbocycles. The van der Waals surface area contributed by atoms with Gasteiger partial charge in [0.1, 0.15) is 10.7 Å². The number of benzene rings is 1. The summed E-state index contributed by atoms with van der Waals surface area (Å²) < 4.78 is 38.4. The summed E-state index contributed by atoms with van der Waals surface area (Å²) in [6, 6.07) is 10.3. The molecular weight excluding hydrogens is 316 g/mol. The van der Waals surface area contributed by atoms with Crippen molar-refractivity contribution in [3.63, 3.8) is 0 Å². The number of nitrogens with one attached hydrogen (secondary N) is 1. The highest BCUT2D eigenvalue weighted by Crippen LogP contribution is 2.29. The Morgan fingerprint density at radius 2 is 1.96 bits per heavy atom. The SMILES string of the molecule is CCc1ccccc1NS(=O)(=O)c1cc(-c2ccno2)oc1C. The van der Waals surface area contributed by atoms with Gasteiger partial charge in [-0.3, -0.25) is 4.72 Å². The van der Waals surface area contributed by atoms with Crippen LogP contribution in [0.1, 0.15) is 18.2 Å². The predicted molar refractivity (Wildman–Crippen MR) is 85.6 cm³/mol. The lowest BCUT2D eigenvalue weighted by molar-refractivity contribution is 0.414. The van der Waals surface area contributed by atoms with Gasteiger partial charge in [-0.25, -0.2) is 8.42 Å². The van der Waals surface area contributed by atoms with Crippen molar-refractivity contribution >= 4 is 15.7 Å². The number of anilines is 1. The van der Waals surface area contributed by atoms with Crippen molar-refractivity contribution in [2.45, 2.75) is 25.2 Å². The molecule has 0 radical (unpaired) electrons. The molecular formula is C16H16N2O4S. The van der Waals surface area contributed by atoms with Crippen LogP contribution in [0.5, 0.6) is 0 Å². The van der Waals surface area contributed by atoms with Gasteiger partial charge < -0.3 is 8.94 Å². The summed E-state index contributed by atoms with van der Waals surface area (Å²) in [5, 5.41) is 3.59. The van der Waals surface area contributed by atoms with Gasteiger partial charge in [0.2, 0.25) is 5.76 Å². The van der Waals surface area contributed by atoms with Crippen molar-refractivity contribution in [2.75, 3.05) is 4.72 Å². The smallest absolute Gasteiger partial charge is 0.265 e. The molecule has 2 heterocycles. The van der Waals surface area contributed by atoms with Gasteiger partial charge in [-0.05, 0) is 25.0 Å². The Morgan fingerprint density at radius 1 is 1.17 bits per heavy atom. The van der Waals surface area contributed by atoms with E-state index in [0.29, 0.717) is 17.2 Å². The van der Waals surface area contributed by atoms with E-state index in [1.165, 1.54) is 12.3 Å². The van der Waals surface area contributed by atoms with E-state index >= 15 is 0 Å². The Morgan fingerprint density at radius 3 is 2.65 bits per heavy atom. The quantitative estimate of drug-likeness (QED) is 0.771. The maximum absolute atomic E-state index is 12.7. The van der Waals surface area contributed by atoms with Crippen LogP contribution >= 0.6 is 0 Å². The van der Waals surface area contributed by atoms with Gasteiger partial charge in [0.05, 0.1) is 11.9 Å². The summed E-state index contributed by atoms with van der Waals surface area (Å²) in [6.45, 7) is 3.57. The fourth-order valence-electron chi connectivity index (χ4n) is 2.32. The van der Waals surface area contributed by atoms with Crippen molar-refractivity contribution in [2.24, 2.45) is 0 Å². The Kier molecular flexibility index (Phi) is 3.96. The fraction of sp³-hybridized carbons (Fsp3) is 0.188. The molecule has 0 unspecified atom stereocenters. The lowest BCUT2D eigenvalue weighted by atomic mass is 10.1. The zero-order valence-corrected chi connectivity index (χ0v) is 13.6. The average Bonchev–Trinajstić information content (AvgIpc) is 3.16. The van der Waals surface area contributed by atoms with E-state index in [-0.39, 0.29) is 10.7 Å². The molecule has 0 saturated heterocycles. The van der Waals surface area contributed by atoms with E-state index in [4.69, 9.17) is 8.94 Å². The van der Waals surface area contributed by atoms with Crippen molar-refractivity contribution in [3.8, 4) is 11.5 Å². The first-order chi connectivity index (χ1) is 11.0. The second kappa shape index (κ2) is 5.92. The number of hydrogen-bond acceptors (Lipinski definition) is 5. The Balaban J connectivity index is 1.97. The Hall–Kier alpha value is -2.54. The highest BCUT2D eigenvalue weighted by molar-refractivity contribution is 7.92. The molecule has 7 heteroatoms. The molecule has 0 aliphatic carbocycles. The van der Waals surface area contributed by atoms with Crippen LogP contribution in [0.15, 0.2) is 56.4 Å². The summed E-state index contributed by atoms with van der Waals surface area (Å²) in [4.78, 5) is 0.0785. The molecule has 0 spiro atoms. The third-order valence-corrected chi connectivity index (χ3v) is 4.96. The maximum atomic E-state index is 12.7. The maximum Gasteiger partial charge on any atom is 0.265 e. The van der Waals surface area contributed by atoms with Crippen molar-refractivity contribution in [1.29, 1.82) is 0 Å². The molecule has 6 nitrogen and oxygen atoms in total. The van der Waals surface area contributed by atoms with Crippen LogP contribution in [-0.2, 0) is 16.4 Å². The number of nitrogens with zero attached hydrogens (tertiary/aromatic N) is 1. The van der Waals surface area contributed by atoms with E-state index in [1.54, 1.807) is 25.1 Å². The van der Waals surface area contributed by atoms with Gasteiger partial charge in [0, 0.05) is 12.1 Å². The van der Waals surface area contributed by atoms with Crippen LogP contribution in [-0.4, -0.2) is 13.6 Å². The summed E-state index contributed by atoms with van der Waals surface area (Å²) in [5.41, 5.74) is 1.49. The molecule has 1 N–H and O–H groups in total. The molecule has 0 atom stereocenters. The van der Waals surface area contributed by atoms with E-state index in [2.05, 4.69) is 9.88 Å². The number of aryl methyl sites for hydroxylation is 2. The molecule has 120 valence electrons. The molecule has 0 aliphatic rings. The monoisotopic (exact) mass is 332 g/mol. The molecule has 0 bridgehead atoms. The molecule has 2 aromatic heterocycles. The van der Waals surface area contributed by atoms with Gasteiger partial charge >= 0.3 is 0 Å². The zero-order valence-electron chi connectivity index (χ0n) is 12.7. The zero-order chi connectivity index (χ0) is 16.4. The first-order valence-electron chi connectivity index (χ1n) is 7.13. The van der Waals surface area contributed by atoms with Crippen LogP contribution < -0.4 is 4.72 Å². The normalized spacial score (nSPS) is 11.6. The largest absolute Gasteiger partial charge is 0.456 e. The van der Waals surface area contributed by atoms with Gasteiger partial charge in [0.15, 0.2) is 5.76 Å². The molecule has 1 aromatic carbocycles. The lowest BCUT2D eigenvalue weighted by Crippen LogP contribution is -2.14. The number of aromatic nitrogens is 1. The minimum atomic E-state index is -3.75. The summed E-state index contributed by atoms with van der Waals surface area (Å²) in [5.74, 6) is 0.991. The van der Waals surface area contributed by atoms with Crippen LogP contribution in [0.3, 0.4) is 0 Å². The lowest BCUT2D eigenvalue weighted by Gasteiger charge is -2.10. The van der Waals surface area contributed by atoms with E-state index in [1.807, 2.05) is 19.1 Å². The number of hydrogen-bond donors (Lipinski definition) is 1. The van der Waals surface area contributed by atoms with Crippen molar-refractivity contribution < 1.29 is 17.4 Å². The molecule has 0 fully saturated rings. The van der Waals surface area contributed by atoms with Crippen molar-refractivity contribution in [1.82, 2.24) is 5.16 Å². The van der Waals surface area contributed by atoms with Crippen molar-refractivity contribution in [3.05, 3.63) is 53.9 Å². The summed E-state index contributed by atoms with van der Waals surface area (Å²) >= 11 is 0. The third kappa shape index (κ3) is 3.00. The second-order valence-electron chi connectivity index (χ2n) is 5.02. The minimum absolute atomic E-state index is 0.0785. The first-order valence-corrected chi connectivity index (χ1v) is 8.62. The topological polar surface area (TPSA) is 85.3 Å². The van der Waals surface area contributed by atoms with Gasteiger partial charge in [0.25, 0.3) is 10.0 Å². The van der Waals surface area contributed by atoms with Gasteiger partial charge in [-0.1, -0.05) is 30.3 Å². The second-order valence-corrected chi connectivity index (χ2v) is 6.67. The highest BCUT2D eigenvalue weighted by atomic mass is 32.2. The number of rotatable bonds is 5. The van der Waals surface area contributed by atoms with Crippen LogP contribution in [0.2, 0.25) is 0 Å².